The Bertz CT molecular complexity index is 575. The second-order valence-corrected chi connectivity index (χ2v) is 6.81. The van der Waals surface area contributed by atoms with Crippen molar-refractivity contribution in [3.8, 4) is 6.07 Å². The van der Waals surface area contributed by atoms with Crippen LogP contribution in [0.15, 0.2) is 0 Å². The van der Waals surface area contributed by atoms with Crippen LogP contribution in [-0.4, -0.2) is 39.4 Å². The number of nitrogens with one attached hydrogen (secondary N) is 1. The Labute approximate surface area is 127 Å². The molecule has 2 saturated carbocycles. The van der Waals surface area contributed by atoms with Gasteiger partial charge in [-0.15, -0.1) is 0 Å². The molecule has 0 aromatic rings. The van der Waals surface area contributed by atoms with Gasteiger partial charge < -0.3 is 20.3 Å². The van der Waals surface area contributed by atoms with Gasteiger partial charge in [-0.25, -0.2) is 9.59 Å². The summed E-state index contributed by atoms with van der Waals surface area (Å²) in [5.74, 6) is -5.46. The molecule has 1 amide bonds. The summed E-state index contributed by atoms with van der Waals surface area (Å²) in [5, 5.41) is 30.1. The number of alkyl carbamates (subject to hydrolysis) is 1. The van der Waals surface area contributed by atoms with Crippen LogP contribution in [0.25, 0.3) is 0 Å². The molecule has 0 bridgehead atoms. The van der Waals surface area contributed by atoms with Crippen molar-refractivity contribution in [2.45, 2.75) is 38.3 Å². The van der Waals surface area contributed by atoms with E-state index in [2.05, 4.69) is 5.32 Å². The Morgan fingerprint density at radius 3 is 2.32 bits per heavy atom. The van der Waals surface area contributed by atoms with Crippen molar-refractivity contribution in [3.05, 3.63) is 0 Å². The molecule has 0 radical (unpaired) electrons. The van der Waals surface area contributed by atoms with E-state index in [1.165, 1.54) is 0 Å². The average molecular weight is 310 g/mol. The molecular weight excluding hydrogens is 292 g/mol. The molecule has 0 aromatic carbocycles. The molecule has 8 nitrogen and oxygen atoms in total. The summed E-state index contributed by atoms with van der Waals surface area (Å²) in [4.78, 5) is 34.9. The second-order valence-electron chi connectivity index (χ2n) is 6.81. The summed E-state index contributed by atoms with van der Waals surface area (Å²) in [5.41, 5.74) is -2.58. The fraction of sp³-hybridized carbons (Fsp3) is 0.714. The number of aliphatic carboxylic acids is 2. The first kappa shape index (κ1) is 16.1. The standard InChI is InChI=1S/C14H18N2O6/c1-13(2,3)22-12(21)16-14(11(19)20)4-6(5-15)7-8(9(7)14)10(17)18/h6-9H,4H2,1-3H3,(H,16,21)(H,17,18)(H,19,20)/t6-,7-,8-,9?,14-/m1/s1. The lowest BCUT2D eigenvalue weighted by Gasteiger charge is -2.30. The van der Waals surface area contributed by atoms with Crippen LogP contribution in [-0.2, 0) is 14.3 Å². The van der Waals surface area contributed by atoms with Crippen LogP contribution in [0.5, 0.6) is 0 Å². The number of nitriles is 1. The monoisotopic (exact) mass is 310 g/mol. The quantitative estimate of drug-likeness (QED) is 0.701. The molecular formula is C14H18N2O6. The van der Waals surface area contributed by atoms with Gasteiger partial charge in [0.25, 0.3) is 0 Å². The number of carboxylic acids is 2. The lowest BCUT2D eigenvalue weighted by molar-refractivity contribution is -0.147. The topological polar surface area (TPSA) is 137 Å². The summed E-state index contributed by atoms with van der Waals surface area (Å²) in [6.45, 7) is 4.90. The van der Waals surface area contributed by atoms with E-state index in [1.54, 1.807) is 20.8 Å². The highest BCUT2D eigenvalue weighted by Gasteiger charge is 2.76. The van der Waals surface area contributed by atoms with Gasteiger partial charge in [0.15, 0.2) is 0 Å². The van der Waals surface area contributed by atoms with Crippen molar-refractivity contribution in [2.75, 3.05) is 0 Å². The van der Waals surface area contributed by atoms with Crippen molar-refractivity contribution in [2.24, 2.45) is 23.7 Å². The third-order valence-corrected chi connectivity index (χ3v) is 4.21. The van der Waals surface area contributed by atoms with Crippen LogP contribution in [0.1, 0.15) is 27.2 Å². The van der Waals surface area contributed by atoms with E-state index in [0.717, 1.165) is 0 Å². The zero-order chi connectivity index (χ0) is 16.9. The van der Waals surface area contributed by atoms with Gasteiger partial charge >= 0.3 is 18.0 Å². The highest BCUT2D eigenvalue weighted by atomic mass is 16.6. The van der Waals surface area contributed by atoms with Crippen molar-refractivity contribution in [1.82, 2.24) is 5.32 Å². The van der Waals surface area contributed by atoms with E-state index < -0.39 is 52.8 Å². The maximum Gasteiger partial charge on any atom is 0.408 e. The van der Waals surface area contributed by atoms with Crippen molar-refractivity contribution >= 4 is 18.0 Å². The third-order valence-electron chi connectivity index (χ3n) is 4.21. The summed E-state index contributed by atoms with van der Waals surface area (Å²) < 4.78 is 5.06. The van der Waals surface area contributed by atoms with E-state index >= 15 is 0 Å². The minimum Gasteiger partial charge on any atom is -0.481 e. The zero-order valence-electron chi connectivity index (χ0n) is 12.5. The van der Waals surface area contributed by atoms with Crippen LogP contribution in [0.2, 0.25) is 0 Å². The van der Waals surface area contributed by atoms with E-state index in [4.69, 9.17) is 15.1 Å². The third kappa shape index (κ3) is 2.47. The fourth-order valence-corrected chi connectivity index (χ4v) is 3.44. The summed E-state index contributed by atoms with van der Waals surface area (Å²) in [6, 6.07) is 1.95. The minimum absolute atomic E-state index is 0.114. The molecule has 1 unspecified atom stereocenters. The largest absolute Gasteiger partial charge is 0.481 e. The van der Waals surface area contributed by atoms with Crippen molar-refractivity contribution < 1.29 is 29.3 Å². The number of carboxylic acid groups (broad SMARTS) is 2. The predicted octanol–water partition coefficient (Wildman–Crippen LogP) is 0.825. The van der Waals surface area contributed by atoms with Gasteiger partial charge in [0.1, 0.15) is 11.1 Å². The first-order valence-corrected chi connectivity index (χ1v) is 6.90. The summed E-state index contributed by atoms with van der Waals surface area (Å²) >= 11 is 0. The smallest absolute Gasteiger partial charge is 0.408 e. The van der Waals surface area contributed by atoms with Gasteiger partial charge in [0.2, 0.25) is 0 Å². The first-order valence-electron chi connectivity index (χ1n) is 6.90. The number of hydrogen-bond acceptors (Lipinski definition) is 5. The summed E-state index contributed by atoms with van der Waals surface area (Å²) in [7, 11) is 0. The molecule has 8 heteroatoms. The predicted molar refractivity (Wildman–Crippen MR) is 71.6 cm³/mol. The van der Waals surface area contributed by atoms with Gasteiger partial charge in [-0.05, 0) is 33.1 Å². The molecule has 2 aliphatic carbocycles. The Morgan fingerprint density at radius 1 is 1.32 bits per heavy atom. The molecule has 0 aromatic heterocycles. The van der Waals surface area contributed by atoms with Gasteiger partial charge in [0.05, 0.1) is 17.9 Å². The van der Waals surface area contributed by atoms with Gasteiger partial charge in [-0.1, -0.05) is 0 Å². The molecule has 22 heavy (non-hydrogen) atoms. The lowest BCUT2D eigenvalue weighted by Crippen LogP contribution is -2.57. The number of nitrogens with zero attached hydrogens (tertiary/aromatic N) is 1. The maximum atomic E-state index is 11.9. The van der Waals surface area contributed by atoms with Crippen molar-refractivity contribution in [1.29, 1.82) is 5.26 Å². The Kier molecular flexibility index (Phi) is 3.56. The van der Waals surface area contributed by atoms with E-state index in [1.807, 2.05) is 6.07 Å². The maximum absolute atomic E-state index is 11.9. The number of carbonyl (C=O) groups excluding carboxylic acids is 1. The van der Waals surface area contributed by atoms with E-state index in [0.29, 0.717) is 0 Å². The molecule has 0 saturated heterocycles. The van der Waals surface area contributed by atoms with Gasteiger partial charge in [0, 0.05) is 5.92 Å². The first-order chi connectivity index (χ1) is 10.0. The molecule has 5 atom stereocenters. The summed E-state index contributed by atoms with van der Waals surface area (Å²) in [6.07, 6.45) is -1.04. The van der Waals surface area contributed by atoms with Crippen LogP contribution in [0.3, 0.4) is 0 Å². The molecule has 3 N–H and O–H groups in total. The van der Waals surface area contributed by atoms with Gasteiger partial charge in [-0.2, -0.15) is 5.26 Å². The van der Waals surface area contributed by atoms with E-state index in [9.17, 15) is 19.5 Å². The normalized spacial score (nSPS) is 35.9. The zero-order valence-corrected chi connectivity index (χ0v) is 12.5. The van der Waals surface area contributed by atoms with Crippen LogP contribution < -0.4 is 5.32 Å². The van der Waals surface area contributed by atoms with E-state index in [-0.39, 0.29) is 6.42 Å². The highest BCUT2D eigenvalue weighted by molar-refractivity contribution is 5.89. The number of rotatable bonds is 3. The molecule has 120 valence electrons. The number of carbonyl (C=O) groups is 3. The minimum atomic E-state index is -1.77. The average Bonchev–Trinajstić information content (AvgIpc) is 3.00. The van der Waals surface area contributed by atoms with Crippen LogP contribution in [0, 0.1) is 35.0 Å². The Morgan fingerprint density at radius 2 is 1.91 bits per heavy atom. The highest BCUT2D eigenvalue weighted by Crippen LogP contribution is 2.65. The molecule has 2 aliphatic rings. The lowest BCUT2D eigenvalue weighted by atomic mass is 9.87. The molecule has 0 heterocycles. The van der Waals surface area contributed by atoms with Crippen LogP contribution in [0.4, 0.5) is 4.79 Å². The van der Waals surface area contributed by atoms with Crippen molar-refractivity contribution in [3.63, 3.8) is 0 Å². The Hall–Kier alpha value is -2.30. The Balaban J connectivity index is 2.27. The fourth-order valence-electron chi connectivity index (χ4n) is 3.44. The second kappa shape index (κ2) is 4.87. The number of ether oxygens (including phenoxy) is 1. The molecule has 0 spiro atoms. The molecule has 2 rings (SSSR count). The SMILES string of the molecule is CC(C)(C)OC(=O)N[C@]1(C(=O)O)C[C@H](C#N)[C@H]2C1[C@@H]2C(=O)O. The number of amides is 1. The number of hydrogen-bond donors (Lipinski definition) is 3. The molecule has 0 aliphatic heterocycles. The number of fused-ring (bicyclic) bond motifs is 1. The molecule has 2 fully saturated rings. The van der Waals surface area contributed by atoms with Gasteiger partial charge in [-0.3, -0.25) is 4.79 Å². The van der Waals surface area contributed by atoms with Crippen LogP contribution >= 0.6 is 0 Å².